The maximum atomic E-state index is 11.6. The SMILES string of the molecule is CC#CC(C)OS(=O)(=O)c1ccccc1. The van der Waals surface area contributed by atoms with Gasteiger partial charge in [0.1, 0.15) is 6.10 Å². The molecule has 0 saturated carbocycles. The summed E-state index contributed by atoms with van der Waals surface area (Å²) >= 11 is 0. The van der Waals surface area contributed by atoms with Crippen molar-refractivity contribution in [3.63, 3.8) is 0 Å². The highest BCUT2D eigenvalue weighted by Gasteiger charge is 2.16. The van der Waals surface area contributed by atoms with Gasteiger partial charge in [0.15, 0.2) is 0 Å². The van der Waals surface area contributed by atoms with E-state index in [1.807, 2.05) is 0 Å². The minimum atomic E-state index is -3.68. The molecule has 0 aliphatic rings. The minimum Gasteiger partial charge on any atom is -0.250 e. The highest BCUT2D eigenvalue weighted by Crippen LogP contribution is 2.12. The summed E-state index contributed by atoms with van der Waals surface area (Å²) in [4.78, 5) is 0.148. The van der Waals surface area contributed by atoms with Crippen molar-refractivity contribution in [1.29, 1.82) is 0 Å². The fraction of sp³-hybridized carbons (Fsp3) is 0.273. The van der Waals surface area contributed by atoms with Crippen LogP contribution in [0.2, 0.25) is 0 Å². The molecule has 4 heteroatoms. The number of hydrogen-bond donors (Lipinski definition) is 0. The van der Waals surface area contributed by atoms with Gasteiger partial charge in [0.25, 0.3) is 10.1 Å². The van der Waals surface area contributed by atoms with E-state index in [4.69, 9.17) is 4.18 Å². The smallest absolute Gasteiger partial charge is 0.250 e. The van der Waals surface area contributed by atoms with Crippen LogP contribution in [0, 0.1) is 11.8 Å². The summed E-state index contributed by atoms with van der Waals surface area (Å²) in [5.41, 5.74) is 0. The van der Waals surface area contributed by atoms with Crippen LogP contribution in [0.3, 0.4) is 0 Å². The van der Waals surface area contributed by atoms with Crippen molar-refractivity contribution in [2.75, 3.05) is 0 Å². The van der Waals surface area contributed by atoms with Gasteiger partial charge in [0.05, 0.1) is 4.90 Å². The molecule has 15 heavy (non-hydrogen) atoms. The van der Waals surface area contributed by atoms with Gasteiger partial charge in [0, 0.05) is 0 Å². The van der Waals surface area contributed by atoms with Crippen LogP contribution >= 0.6 is 0 Å². The van der Waals surface area contributed by atoms with Crippen molar-refractivity contribution < 1.29 is 12.6 Å². The molecule has 0 aliphatic heterocycles. The summed E-state index contributed by atoms with van der Waals surface area (Å²) in [5, 5.41) is 0. The molecule has 0 aliphatic carbocycles. The molecule has 1 atom stereocenters. The van der Waals surface area contributed by atoms with Crippen molar-refractivity contribution in [1.82, 2.24) is 0 Å². The molecule has 1 aromatic carbocycles. The quantitative estimate of drug-likeness (QED) is 0.581. The summed E-state index contributed by atoms with van der Waals surface area (Å²) < 4.78 is 28.1. The van der Waals surface area contributed by atoms with E-state index >= 15 is 0 Å². The van der Waals surface area contributed by atoms with E-state index in [2.05, 4.69) is 11.8 Å². The van der Waals surface area contributed by atoms with E-state index in [0.29, 0.717) is 0 Å². The molecular weight excluding hydrogens is 212 g/mol. The summed E-state index contributed by atoms with van der Waals surface area (Å²) in [7, 11) is -3.68. The van der Waals surface area contributed by atoms with Crippen LogP contribution in [-0.4, -0.2) is 14.5 Å². The van der Waals surface area contributed by atoms with E-state index < -0.39 is 16.2 Å². The number of hydrogen-bond acceptors (Lipinski definition) is 3. The summed E-state index contributed by atoms with van der Waals surface area (Å²) in [6.45, 7) is 3.23. The third-order valence-electron chi connectivity index (χ3n) is 1.65. The summed E-state index contributed by atoms with van der Waals surface area (Å²) in [6.07, 6.45) is -0.625. The van der Waals surface area contributed by atoms with Crippen LogP contribution < -0.4 is 0 Å². The van der Waals surface area contributed by atoms with Gasteiger partial charge in [-0.15, -0.1) is 5.92 Å². The lowest BCUT2D eigenvalue weighted by molar-refractivity contribution is 0.283. The Labute approximate surface area is 90.2 Å². The number of rotatable bonds is 3. The zero-order chi connectivity index (χ0) is 11.3. The first kappa shape index (κ1) is 11.8. The third-order valence-corrected chi connectivity index (χ3v) is 3.04. The Bertz CT molecular complexity index is 466. The van der Waals surface area contributed by atoms with E-state index in [-0.39, 0.29) is 4.90 Å². The lowest BCUT2D eigenvalue weighted by Crippen LogP contribution is -2.13. The zero-order valence-electron chi connectivity index (χ0n) is 8.60. The normalized spacial score (nSPS) is 12.7. The monoisotopic (exact) mass is 224 g/mol. The van der Waals surface area contributed by atoms with Gasteiger partial charge in [-0.2, -0.15) is 8.42 Å². The van der Waals surface area contributed by atoms with Crippen LogP contribution in [0.5, 0.6) is 0 Å². The maximum Gasteiger partial charge on any atom is 0.298 e. The molecule has 80 valence electrons. The first-order chi connectivity index (χ1) is 7.06. The minimum absolute atomic E-state index is 0.148. The molecule has 0 heterocycles. The fourth-order valence-electron chi connectivity index (χ4n) is 1.06. The fourth-order valence-corrected chi connectivity index (χ4v) is 2.09. The second-order valence-electron chi connectivity index (χ2n) is 2.90. The van der Waals surface area contributed by atoms with Crippen LogP contribution in [0.4, 0.5) is 0 Å². The van der Waals surface area contributed by atoms with Crippen molar-refractivity contribution >= 4 is 10.1 Å². The summed E-state index contributed by atoms with van der Waals surface area (Å²) in [6, 6.07) is 8.01. The van der Waals surface area contributed by atoms with Crippen molar-refractivity contribution in [3.05, 3.63) is 30.3 Å². The lowest BCUT2D eigenvalue weighted by Gasteiger charge is -2.07. The zero-order valence-corrected chi connectivity index (χ0v) is 9.41. The molecule has 0 saturated heterocycles. The van der Waals surface area contributed by atoms with Gasteiger partial charge in [-0.25, -0.2) is 0 Å². The Morgan fingerprint density at radius 3 is 2.40 bits per heavy atom. The van der Waals surface area contributed by atoms with Crippen molar-refractivity contribution in [2.24, 2.45) is 0 Å². The van der Waals surface area contributed by atoms with E-state index in [1.165, 1.54) is 12.1 Å². The summed E-state index contributed by atoms with van der Waals surface area (Å²) in [5.74, 6) is 5.22. The second kappa shape index (κ2) is 4.96. The van der Waals surface area contributed by atoms with Gasteiger partial charge in [-0.3, -0.25) is 4.18 Å². The van der Waals surface area contributed by atoms with Crippen molar-refractivity contribution in [3.8, 4) is 11.8 Å². The van der Waals surface area contributed by atoms with Crippen molar-refractivity contribution in [2.45, 2.75) is 24.8 Å². The average molecular weight is 224 g/mol. The highest BCUT2D eigenvalue weighted by atomic mass is 32.2. The molecule has 1 unspecified atom stereocenters. The molecule has 0 amide bonds. The molecule has 0 spiro atoms. The predicted octanol–water partition coefficient (Wildman–Crippen LogP) is 1.80. The maximum absolute atomic E-state index is 11.6. The molecule has 3 nitrogen and oxygen atoms in total. The number of benzene rings is 1. The lowest BCUT2D eigenvalue weighted by atomic mass is 10.4. The largest absolute Gasteiger partial charge is 0.298 e. The van der Waals surface area contributed by atoms with E-state index in [9.17, 15) is 8.42 Å². The molecular formula is C11H12O3S. The molecule has 1 aromatic rings. The van der Waals surface area contributed by atoms with Gasteiger partial charge in [0.2, 0.25) is 0 Å². The Balaban J connectivity index is 2.89. The first-order valence-corrected chi connectivity index (χ1v) is 5.87. The third kappa shape index (κ3) is 3.39. The van der Waals surface area contributed by atoms with E-state index in [0.717, 1.165) is 0 Å². The second-order valence-corrected chi connectivity index (χ2v) is 4.47. The highest BCUT2D eigenvalue weighted by molar-refractivity contribution is 7.86. The van der Waals surface area contributed by atoms with Gasteiger partial charge >= 0.3 is 0 Å². The molecule has 0 bridgehead atoms. The average Bonchev–Trinajstić information content (AvgIpc) is 2.18. The molecule has 0 aromatic heterocycles. The van der Waals surface area contributed by atoms with Crippen LogP contribution in [-0.2, 0) is 14.3 Å². The van der Waals surface area contributed by atoms with Crippen LogP contribution in [0.15, 0.2) is 35.2 Å². The molecule has 0 N–H and O–H groups in total. The topological polar surface area (TPSA) is 43.4 Å². The molecule has 0 radical (unpaired) electrons. The van der Waals surface area contributed by atoms with Gasteiger partial charge in [-0.05, 0) is 26.0 Å². The van der Waals surface area contributed by atoms with E-state index in [1.54, 1.807) is 32.0 Å². The predicted molar refractivity (Wildman–Crippen MR) is 57.6 cm³/mol. The van der Waals surface area contributed by atoms with Crippen LogP contribution in [0.1, 0.15) is 13.8 Å². The molecule has 1 rings (SSSR count). The Morgan fingerprint density at radius 1 is 1.27 bits per heavy atom. The van der Waals surface area contributed by atoms with Crippen LogP contribution in [0.25, 0.3) is 0 Å². The van der Waals surface area contributed by atoms with Gasteiger partial charge < -0.3 is 0 Å². The Hall–Kier alpha value is -1.31. The first-order valence-electron chi connectivity index (χ1n) is 4.47. The Kier molecular flexibility index (Phi) is 3.89. The van der Waals surface area contributed by atoms with Gasteiger partial charge in [-0.1, -0.05) is 24.1 Å². The Morgan fingerprint density at radius 2 is 1.87 bits per heavy atom. The molecule has 0 fully saturated rings. The standard InChI is InChI=1S/C11H12O3S/c1-3-7-10(2)14-15(12,13)11-8-5-4-6-9-11/h4-6,8-10H,1-2H3.